The number of nitrogens with one attached hydrogen (secondary N) is 1. The van der Waals surface area contributed by atoms with Crippen LogP contribution in [0.2, 0.25) is 0 Å². The number of benzene rings is 1. The van der Waals surface area contributed by atoms with Gasteiger partial charge in [-0.25, -0.2) is 8.42 Å². The predicted octanol–water partition coefficient (Wildman–Crippen LogP) is 2.97. The summed E-state index contributed by atoms with van der Waals surface area (Å²) in [6, 6.07) is 8.27. The van der Waals surface area contributed by atoms with Gasteiger partial charge in [0.05, 0.1) is 0 Å². The topological polar surface area (TPSA) is 86.8 Å². The number of hydrogen-bond acceptors (Lipinski definition) is 6. The molecule has 4 rings (SSSR count). The maximum absolute atomic E-state index is 13.0. The monoisotopic (exact) mass is 465 g/mol. The van der Waals surface area contributed by atoms with Crippen LogP contribution < -0.4 is 5.32 Å². The van der Waals surface area contributed by atoms with Crippen molar-refractivity contribution in [3.05, 3.63) is 46.2 Å². The van der Waals surface area contributed by atoms with Gasteiger partial charge in [-0.05, 0) is 42.5 Å². The van der Waals surface area contributed by atoms with Gasteiger partial charge in [0.1, 0.15) is 9.77 Å². The zero-order chi connectivity index (χ0) is 21.1. The molecular formula is C20H23N3O4S3. The Balaban J connectivity index is 1.52. The lowest BCUT2D eigenvalue weighted by atomic mass is 10.1. The van der Waals surface area contributed by atoms with Crippen LogP contribution in [0.15, 0.2) is 40.6 Å². The molecule has 1 aromatic heterocycles. The van der Waals surface area contributed by atoms with E-state index in [1.165, 1.54) is 10.4 Å². The van der Waals surface area contributed by atoms with Crippen molar-refractivity contribution in [2.45, 2.75) is 17.7 Å². The largest absolute Gasteiger partial charge is 0.339 e. The first-order chi connectivity index (χ1) is 14.5. The van der Waals surface area contributed by atoms with Gasteiger partial charge in [0.15, 0.2) is 0 Å². The van der Waals surface area contributed by atoms with Crippen molar-refractivity contribution < 1.29 is 18.0 Å². The van der Waals surface area contributed by atoms with Crippen molar-refractivity contribution in [3.63, 3.8) is 0 Å². The summed E-state index contributed by atoms with van der Waals surface area (Å²) in [6.45, 7) is 2.40. The molecule has 0 spiro atoms. The fourth-order valence-electron chi connectivity index (χ4n) is 3.61. The molecule has 0 saturated carbocycles. The third-order valence-corrected chi connectivity index (χ3v) is 9.11. The summed E-state index contributed by atoms with van der Waals surface area (Å²) in [6.07, 6.45) is 2.01. The summed E-state index contributed by atoms with van der Waals surface area (Å²) in [4.78, 5) is 27.5. The zero-order valence-electron chi connectivity index (χ0n) is 16.4. The molecule has 10 heteroatoms. The van der Waals surface area contributed by atoms with E-state index in [9.17, 15) is 18.0 Å². The molecule has 7 nitrogen and oxygen atoms in total. The molecule has 2 fully saturated rings. The fraction of sp³-hybridized carbons (Fsp3) is 0.400. The molecule has 2 aromatic rings. The van der Waals surface area contributed by atoms with Crippen molar-refractivity contribution in [1.29, 1.82) is 0 Å². The second-order valence-electron chi connectivity index (χ2n) is 7.16. The number of sulfonamides is 1. The molecule has 0 unspecified atom stereocenters. The average Bonchev–Trinajstić information content (AvgIpc) is 3.46. The van der Waals surface area contributed by atoms with Crippen LogP contribution in [0.1, 0.15) is 32.9 Å². The molecule has 0 aliphatic carbocycles. The Morgan fingerprint density at radius 1 is 1.00 bits per heavy atom. The Labute approximate surface area is 184 Å². The number of likely N-dealkylation sites (tertiary alicyclic amines) is 1. The van der Waals surface area contributed by atoms with Crippen molar-refractivity contribution in [1.82, 2.24) is 9.21 Å². The number of rotatable bonds is 5. The van der Waals surface area contributed by atoms with Crippen molar-refractivity contribution in [3.8, 4) is 0 Å². The summed E-state index contributed by atoms with van der Waals surface area (Å²) >= 11 is 2.82. The maximum Gasteiger partial charge on any atom is 0.267 e. The van der Waals surface area contributed by atoms with Crippen LogP contribution in [-0.4, -0.2) is 67.1 Å². The highest BCUT2D eigenvalue weighted by Gasteiger charge is 2.31. The van der Waals surface area contributed by atoms with Crippen LogP contribution in [0.3, 0.4) is 0 Å². The highest BCUT2D eigenvalue weighted by atomic mass is 32.2. The molecule has 2 saturated heterocycles. The summed E-state index contributed by atoms with van der Waals surface area (Å²) in [5.74, 6) is 0.970. The van der Waals surface area contributed by atoms with Gasteiger partial charge < -0.3 is 10.2 Å². The van der Waals surface area contributed by atoms with Crippen LogP contribution in [0.25, 0.3) is 0 Å². The summed E-state index contributed by atoms with van der Waals surface area (Å²) in [7, 11) is -3.71. The molecule has 3 heterocycles. The molecule has 1 N–H and O–H groups in total. The summed E-state index contributed by atoms with van der Waals surface area (Å²) < 4.78 is 27.5. The van der Waals surface area contributed by atoms with E-state index in [1.54, 1.807) is 41.4 Å². The van der Waals surface area contributed by atoms with Crippen LogP contribution in [0.4, 0.5) is 5.69 Å². The van der Waals surface area contributed by atoms with Gasteiger partial charge >= 0.3 is 0 Å². The van der Waals surface area contributed by atoms with Gasteiger partial charge in [-0.1, -0.05) is 6.07 Å². The number of anilines is 1. The van der Waals surface area contributed by atoms with E-state index in [1.807, 2.05) is 4.90 Å². The number of carbonyl (C=O) groups excluding carboxylic acids is 2. The molecule has 1 aromatic carbocycles. The first-order valence-electron chi connectivity index (χ1n) is 9.83. The molecular weight excluding hydrogens is 442 g/mol. The van der Waals surface area contributed by atoms with Crippen molar-refractivity contribution in [2.75, 3.05) is 43.0 Å². The van der Waals surface area contributed by atoms with E-state index in [0.717, 1.165) is 48.8 Å². The minimum Gasteiger partial charge on any atom is -0.339 e. The van der Waals surface area contributed by atoms with E-state index in [0.29, 0.717) is 24.3 Å². The van der Waals surface area contributed by atoms with E-state index in [2.05, 4.69) is 5.32 Å². The van der Waals surface area contributed by atoms with Crippen LogP contribution in [-0.2, 0) is 10.0 Å². The van der Waals surface area contributed by atoms with Crippen LogP contribution in [0, 0.1) is 0 Å². The Hall–Kier alpha value is -1.88. The predicted molar refractivity (Wildman–Crippen MR) is 120 cm³/mol. The lowest BCUT2D eigenvalue weighted by molar-refractivity contribution is 0.0792. The van der Waals surface area contributed by atoms with E-state index >= 15 is 0 Å². The molecule has 0 bridgehead atoms. The Kier molecular flexibility index (Phi) is 6.47. The van der Waals surface area contributed by atoms with E-state index < -0.39 is 15.9 Å². The number of thiophene rings is 1. The van der Waals surface area contributed by atoms with E-state index in [4.69, 9.17) is 0 Å². The molecule has 0 atom stereocenters. The smallest absolute Gasteiger partial charge is 0.267 e. The number of carbonyl (C=O) groups is 2. The van der Waals surface area contributed by atoms with Gasteiger partial charge in [-0.2, -0.15) is 16.1 Å². The molecule has 30 heavy (non-hydrogen) atoms. The molecule has 0 radical (unpaired) electrons. The highest BCUT2D eigenvalue weighted by molar-refractivity contribution is 7.99. The van der Waals surface area contributed by atoms with Gasteiger partial charge in [0, 0.05) is 48.9 Å². The van der Waals surface area contributed by atoms with Gasteiger partial charge in [-0.3, -0.25) is 9.59 Å². The van der Waals surface area contributed by atoms with Crippen molar-refractivity contribution >= 4 is 50.6 Å². The minimum absolute atomic E-state index is 0.0428. The summed E-state index contributed by atoms with van der Waals surface area (Å²) in [5.41, 5.74) is 0.982. The molecule has 2 aliphatic rings. The number of nitrogens with zero attached hydrogens (tertiary/aromatic N) is 2. The standard InChI is InChI=1S/C20H23N3O4S3/c24-19(18-17(6-11-29-18)30(26,27)23-9-12-28-13-10-23)21-16-5-3-4-15(14-16)20(25)22-7-1-2-8-22/h3-6,11,14H,1-2,7-10,12-13H2,(H,21,24). The minimum atomic E-state index is -3.71. The first-order valence-corrected chi connectivity index (χ1v) is 13.3. The number of amides is 2. The third kappa shape index (κ3) is 4.41. The SMILES string of the molecule is O=C(Nc1cccc(C(=O)N2CCCC2)c1)c1sccc1S(=O)(=O)N1CCSCC1. The second-order valence-corrected chi connectivity index (χ2v) is 11.2. The highest BCUT2D eigenvalue weighted by Crippen LogP contribution is 2.28. The zero-order valence-corrected chi connectivity index (χ0v) is 18.8. The molecule has 2 amide bonds. The van der Waals surface area contributed by atoms with E-state index in [-0.39, 0.29) is 15.7 Å². The number of thioether (sulfide) groups is 1. The quantitative estimate of drug-likeness (QED) is 0.734. The van der Waals surface area contributed by atoms with Gasteiger partial charge in [-0.15, -0.1) is 11.3 Å². The van der Waals surface area contributed by atoms with Crippen molar-refractivity contribution in [2.24, 2.45) is 0 Å². The Morgan fingerprint density at radius 3 is 2.47 bits per heavy atom. The Bertz CT molecular complexity index is 1040. The Morgan fingerprint density at radius 2 is 1.73 bits per heavy atom. The fourth-order valence-corrected chi connectivity index (χ4v) is 7.48. The maximum atomic E-state index is 13.0. The van der Waals surface area contributed by atoms with Gasteiger partial charge in [0.2, 0.25) is 10.0 Å². The number of hydrogen-bond donors (Lipinski definition) is 1. The third-order valence-electron chi connectivity index (χ3n) is 5.18. The first kappa shape index (κ1) is 21.4. The lowest BCUT2D eigenvalue weighted by Gasteiger charge is -2.25. The van der Waals surface area contributed by atoms with Gasteiger partial charge in [0.25, 0.3) is 11.8 Å². The summed E-state index contributed by atoms with van der Waals surface area (Å²) in [5, 5.41) is 4.38. The average molecular weight is 466 g/mol. The van der Waals surface area contributed by atoms with Crippen LogP contribution in [0.5, 0.6) is 0 Å². The normalized spacial score (nSPS) is 17.8. The molecule has 2 aliphatic heterocycles. The van der Waals surface area contributed by atoms with Crippen LogP contribution >= 0.6 is 23.1 Å². The second kappa shape index (κ2) is 9.09. The molecule has 160 valence electrons. The lowest BCUT2D eigenvalue weighted by Crippen LogP contribution is -2.38.